The van der Waals surface area contributed by atoms with Crippen LogP contribution in [0.5, 0.6) is 0 Å². The molecule has 0 atom stereocenters. The maximum atomic E-state index is 5.39. The number of thiophene rings is 1. The first-order valence-electron chi connectivity index (χ1n) is 22.4. The molecule has 0 radical (unpaired) electrons. The van der Waals surface area contributed by atoms with E-state index in [4.69, 9.17) is 19.9 Å². The Kier molecular flexibility index (Phi) is 8.35. The second-order valence-corrected chi connectivity index (χ2v) is 18.1. The third-order valence-electron chi connectivity index (χ3n) is 13.2. The maximum Gasteiger partial charge on any atom is 0.160 e. The summed E-state index contributed by atoms with van der Waals surface area (Å²) in [6.45, 7) is 0. The summed E-state index contributed by atoms with van der Waals surface area (Å²) in [7, 11) is 0. The van der Waals surface area contributed by atoms with Gasteiger partial charge in [-0.2, -0.15) is 0 Å². The van der Waals surface area contributed by atoms with Crippen molar-refractivity contribution in [2.75, 3.05) is 0 Å². The molecule has 6 nitrogen and oxygen atoms in total. The molecule has 0 amide bonds. The van der Waals surface area contributed by atoms with Crippen LogP contribution in [0.1, 0.15) is 0 Å². The van der Waals surface area contributed by atoms with Crippen molar-refractivity contribution in [3.8, 4) is 56.4 Å². The van der Waals surface area contributed by atoms with E-state index in [0.717, 1.165) is 88.9 Å². The predicted octanol–water partition coefficient (Wildman–Crippen LogP) is 15.6. The van der Waals surface area contributed by atoms with Crippen LogP contribution in [-0.4, -0.2) is 29.1 Å². The highest BCUT2D eigenvalue weighted by molar-refractivity contribution is 7.26. The molecule has 6 heterocycles. The molecule has 8 aromatic carbocycles. The summed E-state index contributed by atoms with van der Waals surface area (Å²) in [5, 5.41) is 7.36. The number of rotatable bonds is 6. The van der Waals surface area contributed by atoms with Gasteiger partial charge in [0.25, 0.3) is 0 Å². The van der Waals surface area contributed by atoms with E-state index in [2.05, 4.69) is 185 Å². The van der Waals surface area contributed by atoms with Crippen LogP contribution in [0.2, 0.25) is 0 Å². The lowest BCUT2D eigenvalue weighted by molar-refractivity contribution is 1.12. The molecule has 0 N–H and O–H groups in total. The maximum absolute atomic E-state index is 5.39. The summed E-state index contributed by atoms with van der Waals surface area (Å²) in [5.41, 5.74) is 15.1. The highest BCUT2D eigenvalue weighted by Crippen LogP contribution is 2.43. The number of hydrogen-bond acceptors (Lipinski definition) is 5. The van der Waals surface area contributed by atoms with Gasteiger partial charge in [-0.1, -0.05) is 133 Å². The number of benzene rings is 8. The molecule has 0 spiro atoms. The van der Waals surface area contributed by atoms with E-state index in [-0.39, 0.29) is 0 Å². The lowest BCUT2D eigenvalue weighted by Crippen LogP contribution is -2.02. The van der Waals surface area contributed by atoms with E-state index in [1.165, 1.54) is 36.5 Å². The Balaban J connectivity index is 0.984. The average molecular weight is 873 g/mol. The van der Waals surface area contributed by atoms with Crippen molar-refractivity contribution in [1.29, 1.82) is 0 Å². The largest absolute Gasteiger partial charge is 0.308 e. The number of nitrogens with zero attached hydrogens (tertiary/aromatic N) is 6. The van der Waals surface area contributed by atoms with E-state index in [1.807, 2.05) is 54.1 Å². The standard InChI is InChI=1S/C60H36N6S/c1-2-14-39(15-3-1)60-63-49(38-28-26-37(27-29-38)48-35-56-57(44-17-5-4-16-43(44)48)47-20-8-11-25-55(47)67-56)36-50(64-60)40-32-41(65-51-21-9-6-18-45(51)58-53(65)23-12-30-61-58)34-42(33-40)66-52-22-10-7-19-46(52)59-54(66)24-13-31-62-59/h1-36H. The fraction of sp³-hybridized carbons (Fsp3) is 0. The summed E-state index contributed by atoms with van der Waals surface area (Å²) in [5.74, 6) is 0.660. The van der Waals surface area contributed by atoms with Crippen molar-refractivity contribution in [3.63, 3.8) is 0 Å². The van der Waals surface area contributed by atoms with Crippen molar-refractivity contribution in [1.82, 2.24) is 29.1 Å². The van der Waals surface area contributed by atoms with Crippen LogP contribution in [0, 0.1) is 0 Å². The Hall–Kier alpha value is -8.78. The molecule has 6 aromatic heterocycles. The molecule has 0 aliphatic rings. The predicted molar refractivity (Wildman–Crippen MR) is 278 cm³/mol. The number of fused-ring (bicyclic) bond motifs is 11. The first kappa shape index (κ1) is 37.6. The van der Waals surface area contributed by atoms with Gasteiger partial charge in [-0.3, -0.25) is 9.97 Å². The van der Waals surface area contributed by atoms with E-state index in [9.17, 15) is 0 Å². The van der Waals surface area contributed by atoms with E-state index >= 15 is 0 Å². The van der Waals surface area contributed by atoms with E-state index in [0.29, 0.717) is 5.82 Å². The van der Waals surface area contributed by atoms with Crippen molar-refractivity contribution in [2.24, 2.45) is 0 Å². The van der Waals surface area contributed by atoms with Crippen LogP contribution >= 0.6 is 11.3 Å². The van der Waals surface area contributed by atoms with Crippen LogP contribution < -0.4 is 0 Å². The normalized spacial score (nSPS) is 11.9. The van der Waals surface area contributed by atoms with Crippen molar-refractivity contribution < 1.29 is 0 Å². The van der Waals surface area contributed by atoms with Crippen LogP contribution in [0.3, 0.4) is 0 Å². The highest BCUT2D eigenvalue weighted by atomic mass is 32.1. The molecule has 0 aliphatic heterocycles. The molecule has 67 heavy (non-hydrogen) atoms. The smallest absolute Gasteiger partial charge is 0.160 e. The molecule has 7 heteroatoms. The molecule has 0 bridgehead atoms. The molecular weight excluding hydrogens is 837 g/mol. The highest BCUT2D eigenvalue weighted by Gasteiger charge is 2.20. The van der Waals surface area contributed by atoms with Gasteiger partial charge in [-0.15, -0.1) is 11.3 Å². The molecular formula is C60H36N6S. The quantitative estimate of drug-likeness (QED) is 0.167. The fourth-order valence-corrected chi connectivity index (χ4v) is 11.4. The molecule has 0 unspecified atom stereocenters. The van der Waals surface area contributed by atoms with Crippen LogP contribution in [0.25, 0.3) is 131 Å². The first-order valence-corrected chi connectivity index (χ1v) is 23.3. The minimum atomic E-state index is 0.660. The molecule has 312 valence electrons. The molecule has 14 aromatic rings. The van der Waals surface area contributed by atoms with Gasteiger partial charge in [0.05, 0.1) is 44.5 Å². The summed E-state index contributed by atoms with van der Waals surface area (Å²) in [6.07, 6.45) is 3.75. The van der Waals surface area contributed by atoms with Gasteiger partial charge < -0.3 is 9.13 Å². The first-order chi connectivity index (χ1) is 33.2. The number of aromatic nitrogens is 6. The second kappa shape index (κ2) is 14.9. The van der Waals surface area contributed by atoms with Gasteiger partial charge in [0.2, 0.25) is 0 Å². The lowest BCUT2D eigenvalue weighted by atomic mass is 9.94. The van der Waals surface area contributed by atoms with E-state index < -0.39 is 0 Å². The van der Waals surface area contributed by atoms with Crippen molar-refractivity contribution in [2.45, 2.75) is 0 Å². The molecule has 0 aliphatic carbocycles. The van der Waals surface area contributed by atoms with Crippen LogP contribution in [0.4, 0.5) is 0 Å². The monoisotopic (exact) mass is 872 g/mol. The Bertz CT molecular complexity index is 4040. The number of pyridine rings is 2. The zero-order valence-corrected chi connectivity index (χ0v) is 36.7. The minimum absolute atomic E-state index is 0.660. The molecule has 14 rings (SSSR count). The second-order valence-electron chi connectivity index (χ2n) is 17.0. The molecule has 0 saturated heterocycles. The summed E-state index contributed by atoms with van der Waals surface area (Å²) in [6, 6.07) is 73.4. The average Bonchev–Trinajstić information content (AvgIpc) is 4.06. The fourth-order valence-electron chi connectivity index (χ4n) is 10.2. The Morgan fingerprint density at radius 1 is 0.343 bits per heavy atom. The third-order valence-corrected chi connectivity index (χ3v) is 14.3. The zero-order valence-electron chi connectivity index (χ0n) is 35.9. The van der Waals surface area contributed by atoms with Crippen molar-refractivity contribution in [3.05, 3.63) is 219 Å². The summed E-state index contributed by atoms with van der Waals surface area (Å²) < 4.78 is 7.26. The van der Waals surface area contributed by atoms with E-state index in [1.54, 1.807) is 0 Å². The van der Waals surface area contributed by atoms with Crippen LogP contribution in [-0.2, 0) is 0 Å². The lowest BCUT2D eigenvalue weighted by Gasteiger charge is -2.16. The zero-order chi connectivity index (χ0) is 44.0. The van der Waals surface area contributed by atoms with Gasteiger partial charge >= 0.3 is 0 Å². The summed E-state index contributed by atoms with van der Waals surface area (Å²) in [4.78, 5) is 20.5. The van der Waals surface area contributed by atoms with Gasteiger partial charge in [0, 0.05) is 71.4 Å². The third kappa shape index (κ3) is 5.95. The van der Waals surface area contributed by atoms with Gasteiger partial charge in [-0.25, -0.2) is 9.97 Å². The Morgan fingerprint density at radius 2 is 0.866 bits per heavy atom. The topological polar surface area (TPSA) is 61.4 Å². The van der Waals surface area contributed by atoms with Gasteiger partial charge in [0.1, 0.15) is 0 Å². The Morgan fingerprint density at radius 3 is 1.52 bits per heavy atom. The molecule has 0 fully saturated rings. The van der Waals surface area contributed by atoms with Crippen molar-refractivity contribution >= 4 is 86.2 Å². The number of para-hydroxylation sites is 2. The van der Waals surface area contributed by atoms with Gasteiger partial charge in [-0.05, 0) is 94.7 Å². The molecule has 0 saturated carbocycles. The minimum Gasteiger partial charge on any atom is -0.308 e. The number of hydrogen-bond donors (Lipinski definition) is 0. The van der Waals surface area contributed by atoms with Crippen LogP contribution in [0.15, 0.2) is 219 Å². The SMILES string of the molecule is c1ccc(-c2nc(-c3ccc(-c4cc5sc6ccccc6c5c5ccccc45)cc3)cc(-c3cc(-n4c5ccccc5c5ncccc54)cc(-n4c5ccccc5c5ncccc54)c3)n2)cc1. The summed E-state index contributed by atoms with van der Waals surface area (Å²) >= 11 is 1.86. The van der Waals surface area contributed by atoms with Gasteiger partial charge in [0.15, 0.2) is 5.82 Å². The Labute approximate surface area is 388 Å².